The molecule has 1 aliphatic rings. The summed E-state index contributed by atoms with van der Waals surface area (Å²) in [6.45, 7) is 6.88. The quantitative estimate of drug-likeness (QED) is 0.237. The van der Waals surface area contributed by atoms with Gasteiger partial charge in [-0.1, -0.05) is 54.1 Å². The Balaban J connectivity index is 0.00000363. The lowest BCUT2D eigenvalue weighted by Crippen LogP contribution is -2.48. The highest BCUT2D eigenvalue weighted by Gasteiger charge is 2.25. The van der Waals surface area contributed by atoms with Gasteiger partial charge in [0.1, 0.15) is 6.10 Å². The van der Waals surface area contributed by atoms with Crippen molar-refractivity contribution in [1.29, 1.82) is 0 Å². The average molecular weight is 572 g/mol. The summed E-state index contributed by atoms with van der Waals surface area (Å²) < 4.78 is 30.8. The molecule has 8 heteroatoms. The van der Waals surface area contributed by atoms with E-state index in [1.165, 1.54) is 16.7 Å². The van der Waals surface area contributed by atoms with Gasteiger partial charge >= 0.3 is 0 Å². The summed E-state index contributed by atoms with van der Waals surface area (Å²) in [7, 11) is -1.37. The van der Waals surface area contributed by atoms with E-state index in [-0.39, 0.29) is 41.6 Å². The third-order valence-corrected chi connectivity index (χ3v) is 7.18. The van der Waals surface area contributed by atoms with Crippen molar-refractivity contribution < 1.29 is 13.2 Å². The molecule has 2 aromatic carbocycles. The van der Waals surface area contributed by atoms with Crippen molar-refractivity contribution in [2.24, 2.45) is 4.99 Å². The van der Waals surface area contributed by atoms with E-state index in [0.29, 0.717) is 19.6 Å². The SMILES string of the molecule is CN=C(NCCCS(=O)(=O)Cc1ccccc1)N1CCOC(c2ccc(C)cc2C)C1.I. The second-order valence-corrected chi connectivity index (χ2v) is 10.3. The number of nitrogens with one attached hydrogen (secondary N) is 1. The molecule has 6 nitrogen and oxygen atoms in total. The Morgan fingerprint density at radius 1 is 1.19 bits per heavy atom. The minimum absolute atomic E-state index is 0. The minimum Gasteiger partial charge on any atom is -0.370 e. The van der Waals surface area contributed by atoms with Crippen LogP contribution >= 0.6 is 24.0 Å². The smallest absolute Gasteiger partial charge is 0.193 e. The molecule has 0 saturated carbocycles. The van der Waals surface area contributed by atoms with Crippen molar-refractivity contribution in [1.82, 2.24) is 10.2 Å². The summed E-state index contributed by atoms with van der Waals surface area (Å²) in [4.78, 5) is 6.59. The molecule has 0 spiro atoms. The van der Waals surface area contributed by atoms with E-state index in [4.69, 9.17) is 4.74 Å². The third kappa shape index (κ3) is 7.74. The number of ether oxygens (including phenoxy) is 1. The van der Waals surface area contributed by atoms with Crippen LogP contribution in [0, 0.1) is 13.8 Å². The van der Waals surface area contributed by atoms with Crippen molar-refractivity contribution >= 4 is 39.8 Å². The highest BCUT2D eigenvalue weighted by Crippen LogP contribution is 2.25. The molecule has 1 unspecified atom stereocenters. The highest BCUT2D eigenvalue weighted by molar-refractivity contribution is 14.0. The molecule has 32 heavy (non-hydrogen) atoms. The number of hydrogen-bond donors (Lipinski definition) is 1. The molecule has 0 radical (unpaired) electrons. The van der Waals surface area contributed by atoms with E-state index in [9.17, 15) is 8.42 Å². The molecule has 1 N–H and O–H groups in total. The predicted molar refractivity (Wildman–Crippen MR) is 142 cm³/mol. The first-order valence-corrected chi connectivity index (χ1v) is 12.6. The minimum atomic E-state index is -3.13. The van der Waals surface area contributed by atoms with E-state index in [1.807, 2.05) is 30.3 Å². The van der Waals surface area contributed by atoms with Crippen LogP contribution in [0.25, 0.3) is 0 Å². The first kappa shape index (κ1) is 26.6. The number of halogens is 1. The number of morpholine rings is 1. The molecule has 1 heterocycles. The fourth-order valence-electron chi connectivity index (χ4n) is 3.94. The van der Waals surface area contributed by atoms with E-state index < -0.39 is 9.84 Å². The zero-order valence-corrected chi connectivity index (χ0v) is 22.2. The topological polar surface area (TPSA) is 71.0 Å². The third-order valence-electron chi connectivity index (χ3n) is 5.49. The van der Waals surface area contributed by atoms with Gasteiger partial charge in [-0.2, -0.15) is 0 Å². The largest absolute Gasteiger partial charge is 0.370 e. The van der Waals surface area contributed by atoms with Crippen molar-refractivity contribution in [3.05, 3.63) is 70.8 Å². The monoisotopic (exact) mass is 571 g/mol. The maximum Gasteiger partial charge on any atom is 0.193 e. The molecule has 176 valence electrons. The Morgan fingerprint density at radius 2 is 1.94 bits per heavy atom. The molecular formula is C24H34IN3O3S. The van der Waals surface area contributed by atoms with Crippen LogP contribution in [0.3, 0.4) is 0 Å². The summed E-state index contributed by atoms with van der Waals surface area (Å²) in [6.07, 6.45) is 0.540. The molecule has 3 rings (SSSR count). The summed E-state index contributed by atoms with van der Waals surface area (Å²) in [5.74, 6) is 1.03. The molecular weight excluding hydrogens is 537 g/mol. The number of guanidine groups is 1. The van der Waals surface area contributed by atoms with Gasteiger partial charge < -0.3 is 15.0 Å². The molecule has 0 amide bonds. The second-order valence-electron chi connectivity index (χ2n) is 8.07. The van der Waals surface area contributed by atoms with Gasteiger partial charge in [-0.25, -0.2) is 8.42 Å². The van der Waals surface area contributed by atoms with E-state index in [1.54, 1.807) is 7.05 Å². The molecule has 1 fully saturated rings. The Morgan fingerprint density at radius 3 is 2.62 bits per heavy atom. The first-order chi connectivity index (χ1) is 14.9. The van der Waals surface area contributed by atoms with Crippen molar-refractivity contribution in [2.45, 2.75) is 32.1 Å². The maximum atomic E-state index is 12.4. The van der Waals surface area contributed by atoms with Gasteiger partial charge in [-0.05, 0) is 37.0 Å². The second kappa shape index (κ2) is 12.6. The van der Waals surface area contributed by atoms with Gasteiger partial charge in [0.2, 0.25) is 0 Å². The highest BCUT2D eigenvalue weighted by atomic mass is 127. The van der Waals surface area contributed by atoms with Gasteiger partial charge in [0.25, 0.3) is 0 Å². The first-order valence-electron chi connectivity index (χ1n) is 10.8. The molecule has 1 aliphatic heterocycles. The molecule has 1 atom stereocenters. The summed E-state index contributed by atoms with van der Waals surface area (Å²) >= 11 is 0. The standard InChI is InChI=1S/C24H33N3O3S.HI/c1-19-10-11-22(20(2)16-19)23-17-27(13-14-30-23)24(25-3)26-12-7-15-31(28,29)18-21-8-5-4-6-9-21;/h4-6,8-11,16,23H,7,12-15,17-18H2,1-3H3,(H,25,26);1H. The molecule has 0 bridgehead atoms. The molecule has 1 saturated heterocycles. The zero-order valence-electron chi connectivity index (χ0n) is 19.1. The van der Waals surface area contributed by atoms with E-state index >= 15 is 0 Å². The number of aliphatic imine (C=N–C) groups is 1. The van der Waals surface area contributed by atoms with Crippen molar-refractivity contribution in [2.75, 3.05) is 39.0 Å². The lowest BCUT2D eigenvalue weighted by Gasteiger charge is -2.35. The summed E-state index contributed by atoms with van der Waals surface area (Å²) in [5, 5.41) is 3.33. The molecule has 0 aliphatic carbocycles. The Labute approximate surface area is 209 Å². The lowest BCUT2D eigenvalue weighted by molar-refractivity contribution is -0.00830. The average Bonchev–Trinajstić information content (AvgIpc) is 2.74. The van der Waals surface area contributed by atoms with Gasteiger partial charge in [-0.3, -0.25) is 4.99 Å². The predicted octanol–water partition coefficient (Wildman–Crippen LogP) is 3.88. The van der Waals surface area contributed by atoms with Crippen molar-refractivity contribution in [3.8, 4) is 0 Å². The normalized spacial score (nSPS) is 17.0. The zero-order chi connectivity index (χ0) is 22.3. The molecule has 2 aromatic rings. The van der Waals surface area contributed by atoms with E-state index in [2.05, 4.69) is 47.3 Å². The Hall–Kier alpha value is -1.65. The van der Waals surface area contributed by atoms with Crippen LogP contribution in [0.1, 0.15) is 34.8 Å². The van der Waals surface area contributed by atoms with Crippen LogP contribution in [-0.2, 0) is 20.3 Å². The lowest BCUT2D eigenvalue weighted by atomic mass is 10.00. The maximum absolute atomic E-state index is 12.4. The number of nitrogens with zero attached hydrogens (tertiary/aromatic N) is 2. The van der Waals surface area contributed by atoms with Gasteiger partial charge in [-0.15, -0.1) is 24.0 Å². The van der Waals surface area contributed by atoms with Crippen molar-refractivity contribution in [3.63, 3.8) is 0 Å². The van der Waals surface area contributed by atoms with E-state index in [0.717, 1.165) is 24.6 Å². The molecule has 0 aromatic heterocycles. The summed E-state index contributed by atoms with van der Waals surface area (Å²) in [5.41, 5.74) is 4.52. The van der Waals surface area contributed by atoms with Gasteiger partial charge in [0.05, 0.1) is 24.7 Å². The number of sulfone groups is 1. The Kier molecular flexibility index (Phi) is 10.4. The van der Waals surface area contributed by atoms with Crippen LogP contribution < -0.4 is 5.32 Å². The van der Waals surface area contributed by atoms with Gasteiger partial charge in [0.15, 0.2) is 15.8 Å². The van der Waals surface area contributed by atoms with Crippen LogP contribution in [0.4, 0.5) is 0 Å². The number of rotatable bonds is 7. The number of aryl methyl sites for hydroxylation is 2. The van der Waals surface area contributed by atoms with Crippen LogP contribution in [0.15, 0.2) is 53.5 Å². The Bertz CT molecular complexity index is 997. The summed E-state index contributed by atoms with van der Waals surface area (Å²) in [6, 6.07) is 15.8. The van der Waals surface area contributed by atoms with Crippen LogP contribution in [-0.4, -0.2) is 58.3 Å². The number of benzene rings is 2. The van der Waals surface area contributed by atoms with Crippen LogP contribution in [0.2, 0.25) is 0 Å². The number of hydrogen-bond acceptors (Lipinski definition) is 4. The van der Waals surface area contributed by atoms with Gasteiger partial charge in [0, 0.05) is 20.1 Å². The fraction of sp³-hybridized carbons (Fsp3) is 0.458. The van der Waals surface area contributed by atoms with Crippen LogP contribution in [0.5, 0.6) is 0 Å². The fourth-order valence-corrected chi connectivity index (χ4v) is 5.37.